The van der Waals surface area contributed by atoms with Gasteiger partial charge in [0.25, 0.3) is 5.91 Å². The summed E-state index contributed by atoms with van der Waals surface area (Å²) in [4.78, 5) is 41.1. The molecule has 0 aromatic heterocycles. The number of nitrogens with one attached hydrogen (secondary N) is 2. The fourth-order valence-electron chi connectivity index (χ4n) is 2.45. The number of carbonyl (C=O) groups is 3. The van der Waals surface area contributed by atoms with E-state index in [9.17, 15) is 14.4 Å². The van der Waals surface area contributed by atoms with Crippen LogP contribution < -0.4 is 10.6 Å². The molecule has 0 aliphatic carbocycles. The Labute approximate surface area is 178 Å². The molecule has 1 atom stereocenters. The summed E-state index contributed by atoms with van der Waals surface area (Å²) < 4.78 is 10.4. The van der Waals surface area contributed by atoms with Crippen molar-refractivity contribution in [2.24, 2.45) is 0 Å². The summed E-state index contributed by atoms with van der Waals surface area (Å²) in [5.41, 5.74) is 0.235. The molecule has 1 rings (SSSR count). The molecule has 0 aliphatic rings. The molecule has 3 amide bonds. The lowest BCUT2D eigenvalue weighted by atomic mass is 10.1. The second-order valence-electron chi connectivity index (χ2n) is 7.70. The van der Waals surface area contributed by atoms with Crippen molar-refractivity contribution in [3.05, 3.63) is 35.9 Å². The molecule has 0 spiro atoms. The lowest BCUT2D eigenvalue weighted by molar-refractivity contribution is -0.171. The number of ether oxygens (including phenoxy) is 2. The lowest BCUT2D eigenvalue weighted by Gasteiger charge is -2.25. The van der Waals surface area contributed by atoms with Crippen molar-refractivity contribution in [1.29, 1.82) is 0 Å². The Morgan fingerprint density at radius 3 is 2.33 bits per heavy atom. The Balaban J connectivity index is 2.38. The number of amides is 3. The molecule has 0 fully saturated rings. The number of benzene rings is 1. The van der Waals surface area contributed by atoms with Crippen molar-refractivity contribution in [3.8, 4) is 0 Å². The molecule has 0 aliphatic heterocycles. The summed E-state index contributed by atoms with van der Waals surface area (Å²) >= 11 is 0. The predicted molar refractivity (Wildman–Crippen MR) is 111 cm³/mol. The van der Waals surface area contributed by atoms with E-state index in [0.29, 0.717) is 25.8 Å². The Morgan fingerprint density at radius 2 is 1.73 bits per heavy atom. The summed E-state index contributed by atoms with van der Waals surface area (Å²) in [6.45, 7) is 5.82. The van der Waals surface area contributed by atoms with Gasteiger partial charge in [0, 0.05) is 13.6 Å². The van der Waals surface area contributed by atoms with Crippen LogP contribution >= 0.6 is 0 Å². The lowest BCUT2D eigenvalue weighted by Crippen LogP contribution is -2.48. The third kappa shape index (κ3) is 10.7. The molecule has 2 N–H and O–H groups in total. The van der Waals surface area contributed by atoms with Crippen molar-refractivity contribution in [2.75, 3.05) is 20.7 Å². The van der Waals surface area contributed by atoms with Crippen LogP contribution in [0.5, 0.6) is 0 Å². The molecule has 9 heteroatoms. The summed E-state index contributed by atoms with van der Waals surface area (Å²) in [5, 5.41) is 6.31. The number of hydrogen-bond acceptors (Lipinski definition) is 6. The Kier molecular flexibility index (Phi) is 10.7. The van der Waals surface area contributed by atoms with Gasteiger partial charge >= 0.3 is 12.2 Å². The highest BCUT2D eigenvalue weighted by Crippen LogP contribution is 2.09. The van der Waals surface area contributed by atoms with Crippen LogP contribution in [0.25, 0.3) is 0 Å². The Hall–Kier alpha value is -2.81. The zero-order valence-electron chi connectivity index (χ0n) is 18.4. The van der Waals surface area contributed by atoms with Gasteiger partial charge in [-0.05, 0) is 45.6 Å². The van der Waals surface area contributed by atoms with Gasteiger partial charge in [-0.3, -0.25) is 9.63 Å². The van der Waals surface area contributed by atoms with Crippen LogP contribution in [-0.4, -0.2) is 55.5 Å². The number of hydrogen-bond donors (Lipinski definition) is 2. The van der Waals surface area contributed by atoms with Crippen molar-refractivity contribution in [3.63, 3.8) is 0 Å². The highest BCUT2D eigenvalue weighted by atomic mass is 16.7. The van der Waals surface area contributed by atoms with Gasteiger partial charge in [-0.1, -0.05) is 30.3 Å². The zero-order valence-corrected chi connectivity index (χ0v) is 18.4. The van der Waals surface area contributed by atoms with Gasteiger partial charge in [-0.25, -0.2) is 14.7 Å². The van der Waals surface area contributed by atoms with E-state index in [2.05, 4.69) is 10.6 Å². The Bertz CT molecular complexity index is 675. The standard InChI is InChI=1S/C21H33N3O6/c1-21(2,3)30-20(27)23-17(18(25)24(4)28-5)13-9-10-14-22-19(26)29-15-16-11-7-6-8-12-16/h6-8,11-12,17H,9-10,13-15H2,1-5H3,(H,22,26)(H,23,27). The minimum atomic E-state index is -0.796. The molecule has 0 saturated carbocycles. The summed E-state index contributed by atoms with van der Waals surface area (Å²) in [6.07, 6.45) is 0.386. The third-order valence-corrected chi connectivity index (χ3v) is 3.97. The van der Waals surface area contributed by atoms with Crippen molar-refractivity contribution >= 4 is 18.1 Å². The molecular formula is C21H33N3O6. The number of carbonyl (C=O) groups excluding carboxylic acids is 3. The molecule has 1 aromatic carbocycles. The first-order valence-electron chi connectivity index (χ1n) is 9.88. The van der Waals surface area contributed by atoms with Gasteiger partial charge in [0.2, 0.25) is 0 Å². The van der Waals surface area contributed by atoms with Crippen LogP contribution in [0.2, 0.25) is 0 Å². The second-order valence-corrected chi connectivity index (χ2v) is 7.70. The van der Waals surface area contributed by atoms with Crippen LogP contribution in [0.1, 0.15) is 45.6 Å². The van der Waals surface area contributed by atoms with Crippen LogP contribution in [-0.2, 0) is 25.7 Å². The molecule has 1 unspecified atom stereocenters. The smallest absolute Gasteiger partial charge is 0.408 e. The van der Waals surface area contributed by atoms with Crippen LogP contribution in [0, 0.1) is 0 Å². The van der Waals surface area contributed by atoms with E-state index in [1.165, 1.54) is 14.2 Å². The normalized spacial score (nSPS) is 11.9. The molecule has 0 bridgehead atoms. The molecule has 1 aromatic rings. The van der Waals surface area contributed by atoms with E-state index >= 15 is 0 Å². The van der Waals surface area contributed by atoms with Crippen LogP contribution in [0.3, 0.4) is 0 Å². The molecule has 168 valence electrons. The molecule has 30 heavy (non-hydrogen) atoms. The summed E-state index contributed by atoms with van der Waals surface area (Å²) in [5.74, 6) is -0.390. The van der Waals surface area contributed by atoms with E-state index in [1.807, 2.05) is 30.3 Å². The van der Waals surface area contributed by atoms with Gasteiger partial charge in [0.05, 0.1) is 7.11 Å². The molecule has 9 nitrogen and oxygen atoms in total. The van der Waals surface area contributed by atoms with Crippen molar-refractivity contribution in [2.45, 2.75) is 58.3 Å². The first-order valence-corrected chi connectivity index (χ1v) is 9.88. The maximum Gasteiger partial charge on any atom is 0.408 e. The fourth-order valence-corrected chi connectivity index (χ4v) is 2.45. The molecule has 0 radical (unpaired) electrons. The van der Waals surface area contributed by atoms with Crippen molar-refractivity contribution < 1.29 is 28.7 Å². The average Bonchev–Trinajstić information content (AvgIpc) is 2.69. The minimum Gasteiger partial charge on any atom is -0.445 e. The topological polar surface area (TPSA) is 106 Å². The fraction of sp³-hybridized carbons (Fsp3) is 0.571. The second kappa shape index (κ2) is 12.7. The van der Waals surface area contributed by atoms with Crippen LogP contribution in [0.4, 0.5) is 9.59 Å². The van der Waals surface area contributed by atoms with Gasteiger partial charge in [0.15, 0.2) is 0 Å². The first-order chi connectivity index (χ1) is 14.1. The largest absolute Gasteiger partial charge is 0.445 e. The molecular weight excluding hydrogens is 390 g/mol. The number of hydroxylamine groups is 2. The predicted octanol–water partition coefficient (Wildman–Crippen LogP) is 3.00. The number of alkyl carbamates (subject to hydrolysis) is 2. The zero-order chi connectivity index (χ0) is 22.6. The van der Waals surface area contributed by atoms with Gasteiger partial charge in [-0.2, -0.15) is 0 Å². The van der Waals surface area contributed by atoms with E-state index in [1.54, 1.807) is 20.8 Å². The number of likely N-dealkylation sites (N-methyl/N-ethyl adjacent to an activating group) is 1. The maximum absolute atomic E-state index is 12.4. The summed E-state index contributed by atoms with van der Waals surface area (Å²) in [7, 11) is 2.84. The highest BCUT2D eigenvalue weighted by molar-refractivity contribution is 5.84. The Morgan fingerprint density at radius 1 is 1.07 bits per heavy atom. The number of nitrogens with zero attached hydrogens (tertiary/aromatic N) is 1. The summed E-state index contributed by atoms with van der Waals surface area (Å²) in [6, 6.07) is 8.60. The van der Waals surface area contributed by atoms with Crippen molar-refractivity contribution in [1.82, 2.24) is 15.7 Å². The number of unbranched alkanes of at least 4 members (excludes halogenated alkanes) is 1. The van der Waals surface area contributed by atoms with Gasteiger partial charge in [-0.15, -0.1) is 0 Å². The van der Waals surface area contributed by atoms with E-state index in [-0.39, 0.29) is 6.61 Å². The maximum atomic E-state index is 12.4. The first kappa shape index (κ1) is 25.2. The average molecular weight is 424 g/mol. The number of rotatable bonds is 10. The van der Waals surface area contributed by atoms with Gasteiger partial charge in [0.1, 0.15) is 18.2 Å². The van der Waals surface area contributed by atoms with E-state index < -0.39 is 29.7 Å². The molecule has 0 saturated heterocycles. The molecule has 0 heterocycles. The van der Waals surface area contributed by atoms with E-state index in [0.717, 1.165) is 10.6 Å². The highest BCUT2D eigenvalue weighted by Gasteiger charge is 2.26. The SMILES string of the molecule is CON(C)C(=O)C(CCCCNC(=O)OCc1ccccc1)NC(=O)OC(C)(C)C. The third-order valence-electron chi connectivity index (χ3n) is 3.97. The minimum absolute atomic E-state index is 0.201. The van der Waals surface area contributed by atoms with E-state index in [4.69, 9.17) is 14.3 Å². The van der Waals surface area contributed by atoms with Crippen LogP contribution in [0.15, 0.2) is 30.3 Å². The van der Waals surface area contributed by atoms with Gasteiger partial charge < -0.3 is 20.1 Å². The monoisotopic (exact) mass is 423 g/mol. The quantitative estimate of drug-likeness (QED) is 0.443.